The molecule has 8 nitrogen and oxygen atoms in total. The van der Waals surface area contributed by atoms with E-state index in [2.05, 4.69) is 5.32 Å². The third-order valence-electron chi connectivity index (χ3n) is 4.83. The average molecular weight is 477 g/mol. The summed E-state index contributed by atoms with van der Waals surface area (Å²) >= 11 is 6.08. The molecule has 0 aliphatic carbocycles. The lowest BCUT2D eigenvalue weighted by Crippen LogP contribution is -2.14. The molecule has 1 aromatic heterocycles. The molecule has 0 bridgehead atoms. The minimum atomic E-state index is -0.582. The smallest absolute Gasteiger partial charge is 0.310 e. The van der Waals surface area contributed by atoms with E-state index in [9.17, 15) is 19.7 Å². The lowest BCUT2D eigenvalue weighted by Gasteiger charge is -2.10. The normalized spacial score (nSPS) is 10.5. The van der Waals surface area contributed by atoms with Crippen molar-refractivity contribution >= 4 is 34.7 Å². The van der Waals surface area contributed by atoms with Gasteiger partial charge in [-0.15, -0.1) is 0 Å². The van der Waals surface area contributed by atoms with E-state index in [0.29, 0.717) is 16.3 Å². The zero-order valence-electron chi connectivity index (χ0n) is 17.6. The number of amides is 1. The van der Waals surface area contributed by atoms with E-state index < -0.39 is 10.8 Å². The van der Waals surface area contributed by atoms with Crippen LogP contribution in [0.25, 0.3) is 0 Å². The molecule has 0 saturated carbocycles. The van der Waals surface area contributed by atoms with Crippen LogP contribution in [-0.2, 0) is 6.61 Å². The van der Waals surface area contributed by atoms with Crippen LogP contribution in [0.3, 0.4) is 0 Å². The van der Waals surface area contributed by atoms with Gasteiger partial charge in [0, 0.05) is 22.2 Å². The number of ketones is 1. The average Bonchev–Trinajstić information content (AvgIpc) is 3.33. The lowest BCUT2D eigenvalue weighted by molar-refractivity contribution is -0.386. The molecule has 34 heavy (non-hydrogen) atoms. The summed E-state index contributed by atoms with van der Waals surface area (Å²) in [5.41, 5.74) is 0.786. The Morgan fingerprint density at radius 3 is 2.47 bits per heavy atom. The van der Waals surface area contributed by atoms with Gasteiger partial charge in [-0.25, -0.2) is 0 Å². The molecule has 0 unspecified atom stereocenters. The van der Waals surface area contributed by atoms with Gasteiger partial charge in [-0.2, -0.15) is 0 Å². The molecule has 4 rings (SSSR count). The van der Waals surface area contributed by atoms with Crippen LogP contribution in [0.15, 0.2) is 89.3 Å². The SMILES string of the molecule is O=C(Nc1ccc(Cl)cc1C(=O)c1ccccc1)c1ccc(COc2ccccc2[N+](=O)[O-])o1. The summed E-state index contributed by atoms with van der Waals surface area (Å²) in [6.45, 7) is -0.114. The summed E-state index contributed by atoms with van der Waals surface area (Å²) in [5.74, 6) is -0.521. The highest BCUT2D eigenvalue weighted by Crippen LogP contribution is 2.27. The van der Waals surface area contributed by atoms with E-state index in [4.69, 9.17) is 20.8 Å². The number of benzene rings is 3. The van der Waals surface area contributed by atoms with Crippen molar-refractivity contribution < 1.29 is 23.7 Å². The van der Waals surface area contributed by atoms with Crippen LogP contribution in [0, 0.1) is 10.1 Å². The van der Waals surface area contributed by atoms with Gasteiger partial charge in [-0.1, -0.05) is 54.1 Å². The van der Waals surface area contributed by atoms with Crippen LogP contribution >= 0.6 is 11.6 Å². The van der Waals surface area contributed by atoms with Gasteiger partial charge in [-0.05, 0) is 36.4 Å². The summed E-state index contributed by atoms with van der Waals surface area (Å²) < 4.78 is 11.0. The maximum absolute atomic E-state index is 12.9. The molecule has 0 aliphatic heterocycles. The van der Waals surface area contributed by atoms with E-state index in [1.54, 1.807) is 42.5 Å². The summed E-state index contributed by atoms with van der Waals surface area (Å²) in [6.07, 6.45) is 0. The van der Waals surface area contributed by atoms with Crippen molar-refractivity contribution in [3.8, 4) is 5.75 Å². The van der Waals surface area contributed by atoms with E-state index in [0.717, 1.165) is 0 Å². The predicted octanol–water partition coefficient (Wildman–Crippen LogP) is 5.90. The quantitative estimate of drug-likeness (QED) is 0.192. The van der Waals surface area contributed by atoms with E-state index in [-0.39, 0.29) is 40.8 Å². The summed E-state index contributed by atoms with van der Waals surface area (Å²) in [7, 11) is 0. The zero-order chi connectivity index (χ0) is 24.1. The molecule has 0 atom stereocenters. The number of halogens is 1. The maximum Gasteiger partial charge on any atom is 0.310 e. The van der Waals surface area contributed by atoms with Crippen LogP contribution in [0.1, 0.15) is 32.2 Å². The molecule has 0 fully saturated rings. The van der Waals surface area contributed by atoms with Gasteiger partial charge in [0.05, 0.1) is 10.6 Å². The van der Waals surface area contributed by atoms with Gasteiger partial charge < -0.3 is 14.5 Å². The Labute approximate surface area is 198 Å². The lowest BCUT2D eigenvalue weighted by atomic mass is 10.0. The fourth-order valence-electron chi connectivity index (χ4n) is 3.20. The second-order valence-corrected chi connectivity index (χ2v) is 7.56. The number of nitrogens with one attached hydrogen (secondary N) is 1. The number of nitro benzene ring substituents is 1. The molecule has 0 aliphatic rings. The van der Waals surface area contributed by atoms with Gasteiger partial charge in [0.25, 0.3) is 5.91 Å². The highest BCUT2D eigenvalue weighted by Gasteiger charge is 2.19. The Hall–Kier alpha value is -4.43. The highest BCUT2D eigenvalue weighted by molar-refractivity contribution is 6.31. The number of furan rings is 1. The van der Waals surface area contributed by atoms with E-state index in [1.165, 1.54) is 42.5 Å². The first-order valence-corrected chi connectivity index (χ1v) is 10.5. The van der Waals surface area contributed by atoms with Crippen molar-refractivity contribution in [3.63, 3.8) is 0 Å². The number of anilines is 1. The number of para-hydroxylation sites is 2. The molecular formula is C25H17ClN2O6. The molecule has 0 spiro atoms. The van der Waals surface area contributed by atoms with Crippen LogP contribution < -0.4 is 10.1 Å². The first-order chi connectivity index (χ1) is 16.4. The Kier molecular flexibility index (Phi) is 6.70. The number of carbonyl (C=O) groups excluding carboxylic acids is 2. The van der Waals surface area contributed by atoms with Gasteiger partial charge in [0.15, 0.2) is 17.3 Å². The van der Waals surface area contributed by atoms with Crippen LogP contribution in [0.4, 0.5) is 11.4 Å². The number of nitro groups is 1. The van der Waals surface area contributed by atoms with Crippen molar-refractivity contribution in [2.24, 2.45) is 0 Å². The van der Waals surface area contributed by atoms with Gasteiger partial charge in [0.1, 0.15) is 12.4 Å². The Morgan fingerprint density at radius 1 is 0.971 bits per heavy atom. The van der Waals surface area contributed by atoms with Crippen LogP contribution in [0.5, 0.6) is 5.75 Å². The number of nitrogens with zero attached hydrogens (tertiary/aromatic N) is 1. The van der Waals surface area contributed by atoms with Crippen molar-refractivity contribution in [2.75, 3.05) is 5.32 Å². The molecule has 1 heterocycles. The fourth-order valence-corrected chi connectivity index (χ4v) is 3.37. The summed E-state index contributed by atoms with van der Waals surface area (Å²) in [5, 5.41) is 14.1. The second-order valence-electron chi connectivity index (χ2n) is 7.12. The second kappa shape index (κ2) is 10.0. The molecule has 0 radical (unpaired) electrons. The maximum atomic E-state index is 12.9. The topological polar surface area (TPSA) is 112 Å². The van der Waals surface area contributed by atoms with Crippen LogP contribution in [0.2, 0.25) is 5.02 Å². The monoisotopic (exact) mass is 476 g/mol. The molecule has 4 aromatic rings. The van der Waals surface area contributed by atoms with Crippen molar-refractivity contribution in [2.45, 2.75) is 6.61 Å². The summed E-state index contributed by atoms with van der Waals surface area (Å²) in [4.78, 5) is 36.3. The van der Waals surface area contributed by atoms with E-state index in [1.807, 2.05) is 0 Å². The zero-order valence-corrected chi connectivity index (χ0v) is 18.3. The number of hydrogen-bond donors (Lipinski definition) is 1. The largest absolute Gasteiger partial charge is 0.479 e. The third-order valence-corrected chi connectivity index (χ3v) is 5.06. The predicted molar refractivity (Wildman–Crippen MR) is 125 cm³/mol. The fraction of sp³-hybridized carbons (Fsp3) is 0.0400. The van der Waals surface area contributed by atoms with Crippen molar-refractivity contribution in [1.82, 2.24) is 0 Å². The Bertz CT molecular complexity index is 1370. The number of ether oxygens (including phenoxy) is 1. The van der Waals surface area contributed by atoms with Gasteiger partial charge >= 0.3 is 5.69 Å². The van der Waals surface area contributed by atoms with Crippen molar-refractivity contribution in [1.29, 1.82) is 0 Å². The number of rotatable bonds is 8. The minimum absolute atomic E-state index is 0.0192. The molecule has 1 amide bonds. The standard InChI is InChI=1S/C25H17ClN2O6/c26-17-10-12-20(19(14-17)24(29)16-6-2-1-3-7-16)27-25(30)23-13-11-18(34-23)15-33-22-9-5-4-8-21(22)28(31)32/h1-14H,15H2,(H,27,30). The minimum Gasteiger partial charge on any atom is -0.479 e. The molecule has 9 heteroatoms. The molecule has 3 aromatic carbocycles. The van der Waals surface area contributed by atoms with Crippen molar-refractivity contribution in [3.05, 3.63) is 123 Å². The molecule has 0 saturated heterocycles. The van der Waals surface area contributed by atoms with Crippen LogP contribution in [-0.4, -0.2) is 16.6 Å². The first kappa shape index (κ1) is 22.8. The Morgan fingerprint density at radius 2 is 1.71 bits per heavy atom. The Balaban J connectivity index is 1.49. The molecule has 1 N–H and O–H groups in total. The first-order valence-electron chi connectivity index (χ1n) is 10.1. The third kappa shape index (κ3) is 5.13. The van der Waals surface area contributed by atoms with Gasteiger partial charge in [0.2, 0.25) is 0 Å². The summed E-state index contributed by atoms with van der Waals surface area (Å²) in [6, 6.07) is 22.1. The van der Waals surface area contributed by atoms with Gasteiger partial charge in [-0.3, -0.25) is 19.7 Å². The molecule has 170 valence electrons. The van der Waals surface area contributed by atoms with E-state index >= 15 is 0 Å². The molecular weight excluding hydrogens is 460 g/mol. The highest BCUT2D eigenvalue weighted by atomic mass is 35.5. The number of carbonyl (C=O) groups is 2. The number of hydrogen-bond acceptors (Lipinski definition) is 6.